The number of carbonyl (C=O) groups excluding carboxylic acids is 1. The summed E-state index contributed by atoms with van der Waals surface area (Å²) in [4.78, 5) is 12.2. The van der Waals surface area contributed by atoms with Crippen molar-refractivity contribution in [2.24, 2.45) is 0 Å². The van der Waals surface area contributed by atoms with E-state index >= 15 is 0 Å². The van der Waals surface area contributed by atoms with Gasteiger partial charge in [0.05, 0.1) is 5.56 Å². The molecule has 1 aromatic carbocycles. The van der Waals surface area contributed by atoms with Crippen LogP contribution in [0.25, 0.3) is 11.0 Å². The van der Waals surface area contributed by atoms with Crippen molar-refractivity contribution >= 4 is 16.8 Å². The number of furan rings is 1. The Morgan fingerprint density at radius 3 is 2.50 bits per heavy atom. The van der Waals surface area contributed by atoms with Crippen LogP contribution in [0.3, 0.4) is 0 Å². The predicted octanol–water partition coefficient (Wildman–Crippen LogP) is 5.76. The van der Waals surface area contributed by atoms with Crippen LogP contribution in [0.1, 0.15) is 68.6 Å². The summed E-state index contributed by atoms with van der Waals surface area (Å²) in [5, 5.41) is 0.945. The molecule has 0 radical (unpaired) electrons. The molecule has 108 valence electrons. The minimum absolute atomic E-state index is 0.212. The largest absolute Gasteiger partial charge is 0.464 e. The summed E-state index contributed by atoms with van der Waals surface area (Å²) < 4.78 is 5.42. The standard InChI is InChI=1S/C18H24O2/c1-2-3-4-5-6-7-8-12-17(19)16-14-20-18-13-10-9-11-15(16)18/h9-11,13-14H,2-8,12H2,1H3. The monoisotopic (exact) mass is 272 g/mol. The van der Waals surface area contributed by atoms with Gasteiger partial charge < -0.3 is 4.42 Å². The Morgan fingerprint density at radius 2 is 1.70 bits per heavy atom. The van der Waals surface area contributed by atoms with Crippen LogP contribution in [0.2, 0.25) is 0 Å². The second-order valence-electron chi connectivity index (χ2n) is 5.44. The summed E-state index contributed by atoms with van der Waals surface area (Å²) in [7, 11) is 0. The molecule has 1 heterocycles. The number of hydrogen-bond donors (Lipinski definition) is 0. The van der Waals surface area contributed by atoms with Crippen LogP contribution in [-0.2, 0) is 0 Å². The lowest BCUT2D eigenvalue weighted by Gasteiger charge is -2.01. The van der Waals surface area contributed by atoms with Crippen LogP contribution in [-0.4, -0.2) is 5.78 Å². The fraction of sp³-hybridized carbons (Fsp3) is 0.500. The lowest BCUT2D eigenvalue weighted by molar-refractivity contribution is 0.0980. The second kappa shape index (κ2) is 7.88. The average Bonchev–Trinajstić information content (AvgIpc) is 2.90. The first kappa shape index (κ1) is 14.8. The van der Waals surface area contributed by atoms with Gasteiger partial charge in [-0.05, 0) is 12.5 Å². The third-order valence-electron chi connectivity index (χ3n) is 3.79. The minimum Gasteiger partial charge on any atom is -0.464 e. The van der Waals surface area contributed by atoms with Gasteiger partial charge in [0.15, 0.2) is 5.78 Å². The lowest BCUT2D eigenvalue weighted by atomic mass is 10.0. The van der Waals surface area contributed by atoms with E-state index in [-0.39, 0.29) is 5.78 Å². The summed E-state index contributed by atoms with van der Waals surface area (Å²) >= 11 is 0. The fourth-order valence-corrected chi connectivity index (χ4v) is 2.57. The Hall–Kier alpha value is -1.57. The molecule has 2 nitrogen and oxygen atoms in total. The highest BCUT2D eigenvalue weighted by Gasteiger charge is 2.12. The summed E-state index contributed by atoms with van der Waals surface area (Å²) in [5.41, 5.74) is 1.54. The number of hydrogen-bond acceptors (Lipinski definition) is 2. The van der Waals surface area contributed by atoms with Gasteiger partial charge in [-0.3, -0.25) is 4.79 Å². The summed E-state index contributed by atoms with van der Waals surface area (Å²) in [6.45, 7) is 2.23. The highest BCUT2D eigenvalue weighted by molar-refractivity contribution is 6.06. The molecule has 0 unspecified atom stereocenters. The lowest BCUT2D eigenvalue weighted by Crippen LogP contribution is -1.97. The molecule has 0 aliphatic heterocycles. The van der Waals surface area contributed by atoms with Crippen molar-refractivity contribution in [3.8, 4) is 0 Å². The van der Waals surface area contributed by atoms with E-state index in [1.54, 1.807) is 6.26 Å². The number of rotatable bonds is 9. The predicted molar refractivity (Wildman–Crippen MR) is 83.2 cm³/mol. The molecule has 1 aromatic heterocycles. The summed E-state index contributed by atoms with van der Waals surface area (Å²) in [6, 6.07) is 7.73. The van der Waals surface area contributed by atoms with Gasteiger partial charge in [-0.15, -0.1) is 0 Å². The number of unbranched alkanes of at least 4 members (excludes halogenated alkanes) is 6. The quantitative estimate of drug-likeness (QED) is 0.429. The van der Waals surface area contributed by atoms with E-state index in [0.717, 1.165) is 29.4 Å². The minimum atomic E-state index is 0.212. The maximum atomic E-state index is 12.2. The van der Waals surface area contributed by atoms with Gasteiger partial charge >= 0.3 is 0 Å². The summed E-state index contributed by atoms with van der Waals surface area (Å²) in [5.74, 6) is 0.212. The molecule has 2 heteroatoms. The number of ketones is 1. The normalized spacial score (nSPS) is 11.1. The van der Waals surface area contributed by atoms with E-state index in [4.69, 9.17) is 4.42 Å². The molecule has 0 bridgehead atoms. The van der Waals surface area contributed by atoms with Gasteiger partial charge in [-0.1, -0.05) is 63.6 Å². The Kier molecular flexibility index (Phi) is 5.85. The van der Waals surface area contributed by atoms with E-state index in [9.17, 15) is 4.79 Å². The highest BCUT2D eigenvalue weighted by atomic mass is 16.3. The van der Waals surface area contributed by atoms with E-state index in [0.29, 0.717) is 6.42 Å². The number of carbonyl (C=O) groups is 1. The average molecular weight is 272 g/mol. The fourth-order valence-electron chi connectivity index (χ4n) is 2.57. The maximum absolute atomic E-state index is 12.2. The smallest absolute Gasteiger partial charge is 0.166 e. The van der Waals surface area contributed by atoms with Gasteiger partial charge in [-0.25, -0.2) is 0 Å². The van der Waals surface area contributed by atoms with E-state index in [2.05, 4.69) is 6.92 Å². The highest BCUT2D eigenvalue weighted by Crippen LogP contribution is 2.22. The van der Waals surface area contributed by atoms with Gasteiger partial charge in [0.2, 0.25) is 0 Å². The third kappa shape index (κ3) is 3.96. The maximum Gasteiger partial charge on any atom is 0.166 e. The molecule has 2 rings (SSSR count). The molecule has 0 aliphatic rings. The molecule has 2 aromatic rings. The third-order valence-corrected chi connectivity index (χ3v) is 3.79. The van der Waals surface area contributed by atoms with Crippen LogP contribution in [0.5, 0.6) is 0 Å². The zero-order valence-electron chi connectivity index (χ0n) is 12.4. The van der Waals surface area contributed by atoms with Crippen LogP contribution in [0.15, 0.2) is 34.9 Å². The molecular weight excluding hydrogens is 248 g/mol. The van der Waals surface area contributed by atoms with Gasteiger partial charge in [0.25, 0.3) is 0 Å². The molecular formula is C18H24O2. The molecule has 0 saturated carbocycles. The van der Waals surface area contributed by atoms with Gasteiger partial charge in [-0.2, -0.15) is 0 Å². The number of benzene rings is 1. The van der Waals surface area contributed by atoms with E-state index in [1.165, 1.54) is 32.1 Å². The van der Waals surface area contributed by atoms with Gasteiger partial charge in [0, 0.05) is 11.8 Å². The number of para-hydroxylation sites is 1. The van der Waals surface area contributed by atoms with Crippen molar-refractivity contribution < 1.29 is 9.21 Å². The molecule has 0 atom stereocenters. The molecule has 0 N–H and O–H groups in total. The Morgan fingerprint density at radius 1 is 1.00 bits per heavy atom. The Balaban J connectivity index is 1.75. The first-order chi connectivity index (χ1) is 9.83. The Labute approximate surface area is 121 Å². The first-order valence-electron chi connectivity index (χ1n) is 7.82. The topological polar surface area (TPSA) is 30.2 Å². The van der Waals surface area contributed by atoms with Crippen molar-refractivity contribution in [1.29, 1.82) is 0 Å². The SMILES string of the molecule is CCCCCCCCCC(=O)c1coc2ccccc12. The number of fused-ring (bicyclic) bond motifs is 1. The van der Waals surface area contributed by atoms with Crippen LogP contribution in [0.4, 0.5) is 0 Å². The summed E-state index contributed by atoms with van der Waals surface area (Å²) in [6.07, 6.45) is 10.9. The second-order valence-corrected chi connectivity index (χ2v) is 5.44. The van der Waals surface area contributed by atoms with Crippen LogP contribution >= 0.6 is 0 Å². The zero-order chi connectivity index (χ0) is 14.2. The molecule has 0 aliphatic carbocycles. The molecule has 0 fully saturated rings. The van der Waals surface area contributed by atoms with Crippen molar-refractivity contribution in [1.82, 2.24) is 0 Å². The van der Waals surface area contributed by atoms with Crippen molar-refractivity contribution in [3.63, 3.8) is 0 Å². The van der Waals surface area contributed by atoms with E-state index < -0.39 is 0 Å². The van der Waals surface area contributed by atoms with Crippen LogP contribution < -0.4 is 0 Å². The van der Waals surface area contributed by atoms with Crippen LogP contribution in [0, 0.1) is 0 Å². The molecule has 0 spiro atoms. The Bertz CT molecular complexity index is 539. The van der Waals surface area contributed by atoms with Gasteiger partial charge in [0.1, 0.15) is 11.8 Å². The van der Waals surface area contributed by atoms with E-state index in [1.807, 2.05) is 24.3 Å². The molecule has 0 saturated heterocycles. The number of Topliss-reactive ketones (excluding diaryl/α,β-unsaturated/α-hetero) is 1. The molecule has 0 amide bonds. The van der Waals surface area contributed by atoms with Crippen molar-refractivity contribution in [2.75, 3.05) is 0 Å². The first-order valence-corrected chi connectivity index (χ1v) is 7.82. The molecule has 20 heavy (non-hydrogen) atoms. The van der Waals surface area contributed by atoms with Crippen molar-refractivity contribution in [3.05, 3.63) is 36.1 Å². The zero-order valence-corrected chi connectivity index (χ0v) is 12.4. The van der Waals surface area contributed by atoms with Crippen molar-refractivity contribution in [2.45, 2.75) is 58.3 Å².